The normalized spacial score (nSPS) is 18.0. The van der Waals surface area contributed by atoms with Gasteiger partial charge < -0.3 is 20.1 Å². The molecule has 6 nitrogen and oxygen atoms in total. The third-order valence-electron chi connectivity index (χ3n) is 4.55. The van der Waals surface area contributed by atoms with Crippen molar-refractivity contribution in [1.29, 1.82) is 0 Å². The number of aliphatic hydroxyl groups excluding tert-OH is 1. The molecule has 6 heteroatoms. The van der Waals surface area contributed by atoms with Crippen LogP contribution >= 0.6 is 0 Å². The van der Waals surface area contributed by atoms with E-state index in [0.717, 1.165) is 24.1 Å². The number of benzene rings is 1. The fourth-order valence-electron chi connectivity index (χ4n) is 3.26. The Hall–Kier alpha value is -2.60. The van der Waals surface area contributed by atoms with E-state index in [9.17, 15) is 9.90 Å². The molecule has 1 aromatic heterocycles. The molecular weight excluding hydrogens is 318 g/mol. The molecule has 2 amide bonds. The summed E-state index contributed by atoms with van der Waals surface area (Å²) < 4.78 is 5.46. The summed E-state index contributed by atoms with van der Waals surface area (Å²) >= 11 is 0. The highest BCUT2D eigenvalue weighted by Crippen LogP contribution is 2.29. The van der Waals surface area contributed by atoms with Gasteiger partial charge in [-0.1, -0.05) is 24.3 Å². The van der Waals surface area contributed by atoms with Crippen molar-refractivity contribution in [2.75, 3.05) is 20.3 Å². The number of hydrogen-bond donors (Lipinski definition) is 2. The molecule has 132 valence electrons. The average Bonchev–Trinajstić information content (AvgIpc) is 3.15. The number of nitrogens with one attached hydrogen (secondary N) is 1. The molecular formula is C19H23N3O3. The number of carbonyl (C=O) groups is 1. The van der Waals surface area contributed by atoms with E-state index in [1.165, 1.54) is 0 Å². The number of likely N-dealkylation sites (tertiary alicyclic amines) is 1. The molecule has 3 rings (SSSR count). The van der Waals surface area contributed by atoms with Crippen LogP contribution in [0.3, 0.4) is 0 Å². The van der Waals surface area contributed by atoms with Gasteiger partial charge in [0.15, 0.2) is 0 Å². The fourth-order valence-corrected chi connectivity index (χ4v) is 3.26. The number of nitrogens with zero attached hydrogens (tertiary/aromatic N) is 2. The lowest BCUT2D eigenvalue weighted by Crippen LogP contribution is -2.45. The Morgan fingerprint density at radius 1 is 1.36 bits per heavy atom. The van der Waals surface area contributed by atoms with Crippen LogP contribution in [-0.2, 0) is 0 Å². The monoisotopic (exact) mass is 341 g/mol. The van der Waals surface area contributed by atoms with Gasteiger partial charge in [-0.15, -0.1) is 0 Å². The predicted octanol–water partition coefficient (Wildman–Crippen LogP) is 2.35. The molecule has 0 radical (unpaired) electrons. The maximum atomic E-state index is 12.8. The molecule has 2 N–H and O–H groups in total. The molecule has 0 spiro atoms. The SMILES string of the molecule is COc1ccccc1C(NC(=O)N1CCCC1CO)c1ccccn1. The summed E-state index contributed by atoms with van der Waals surface area (Å²) in [5.41, 5.74) is 1.58. The second-order valence-electron chi connectivity index (χ2n) is 6.05. The molecule has 1 aliphatic heterocycles. The zero-order valence-corrected chi connectivity index (χ0v) is 14.3. The van der Waals surface area contributed by atoms with Crippen LogP contribution in [-0.4, -0.2) is 47.3 Å². The number of para-hydroxylation sites is 1. The Kier molecular flexibility index (Phi) is 5.50. The minimum Gasteiger partial charge on any atom is -0.496 e. The number of urea groups is 1. The highest BCUT2D eigenvalue weighted by molar-refractivity contribution is 5.76. The number of ether oxygens (including phenoxy) is 1. The van der Waals surface area contributed by atoms with Gasteiger partial charge in [-0.2, -0.15) is 0 Å². The van der Waals surface area contributed by atoms with Crippen molar-refractivity contribution in [2.24, 2.45) is 0 Å². The number of hydrogen-bond acceptors (Lipinski definition) is 4. The second-order valence-corrected chi connectivity index (χ2v) is 6.05. The minimum atomic E-state index is -0.426. The molecule has 25 heavy (non-hydrogen) atoms. The average molecular weight is 341 g/mol. The summed E-state index contributed by atoms with van der Waals surface area (Å²) in [6.45, 7) is 0.633. The number of aliphatic hydroxyl groups is 1. The van der Waals surface area contributed by atoms with Crippen molar-refractivity contribution in [1.82, 2.24) is 15.2 Å². The van der Waals surface area contributed by atoms with Gasteiger partial charge in [0.25, 0.3) is 0 Å². The number of pyridine rings is 1. The maximum Gasteiger partial charge on any atom is 0.318 e. The number of rotatable bonds is 5. The molecule has 1 saturated heterocycles. The smallest absolute Gasteiger partial charge is 0.318 e. The number of amides is 2. The quantitative estimate of drug-likeness (QED) is 0.875. The lowest BCUT2D eigenvalue weighted by molar-refractivity contribution is 0.155. The lowest BCUT2D eigenvalue weighted by Gasteiger charge is -2.27. The molecule has 1 aromatic carbocycles. The van der Waals surface area contributed by atoms with Gasteiger partial charge in [0.1, 0.15) is 11.8 Å². The largest absolute Gasteiger partial charge is 0.496 e. The second kappa shape index (κ2) is 7.98. The molecule has 2 atom stereocenters. The summed E-state index contributed by atoms with van der Waals surface area (Å²) in [6.07, 6.45) is 3.44. The molecule has 2 heterocycles. The summed E-state index contributed by atoms with van der Waals surface area (Å²) in [4.78, 5) is 18.9. The molecule has 0 aliphatic carbocycles. The van der Waals surface area contributed by atoms with E-state index < -0.39 is 6.04 Å². The first kappa shape index (κ1) is 17.2. The standard InChI is InChI=1S/C19H23N3O3/c1-25-17-10-3-2-8-15(17)18(16-9-4-5-11-20-16)21-19(24)22-12-6-7-14(22)13-23/h2-5,8-11,14,18,23H,6-7,12-13H2,1H3,(H,21,24). The molecule has 1 aliphatic rings. The van der Waals surface area contributed by atoms with Crippen molar-refractivity contribution < 1.29 is 14.6 Å². The van der Waals surface area contributed by atoms with Crippen LogP contribution in [0.1, 0.15) is 30.1 Å². The molecule has 2 aromatic rings. The van der Waals surface area contributed by atoms with E-state index in [-0.39, 0.29) is 18.7 Å². The van der Waals surface area contributed by atoms with E-state index in [0.29, 0.717) is 12.3 Å². The third kappa shape index (κ3) is 3.74. The third-order valence-corrected chi connectivity index (χ3v) is 4.55. The Morgan fingerprint density at radius 3 is 2.88 bits per heavy atom. The molecule has 0 saturated carbocycles. The zero-order valence-electron chi connectivity index (χ0n) is 14.3. The number of methoxy groups -OCH3 is 1. The zero-order chi connectivity index (χ0) is 17.6. The van der Waals surface area contributed by atoms with Crippen molar-refractivity contribution >= 4 is 6.03 Å². The van der Waals surface area contributed by atoms with Gasteiger partial charge in [-0.25, -0.2) is 4.79 Å². The summed E-state index contributed by atoms with van der Waals surface area (Å²) in [7, 11) is 1.61. The first-order valence-corrected chi connectivity index (χ1v) is 8.46. The Morgan fingerprint density at radius 2 is 2.16 bits per heavy atom. The van der Waals surface area contributed by atoms with Crippen LogP contribution < -0.4 is 10.1 Å². The Labute approximate surface area is 147 Å². The van der Waals surface area contributed by atoms with Crippen molar-refractivity contribution in [3.05, 3.63) is 59.9 Å². The Bertz CT molecular complexity index is 708. The van der Waals surface area contributed by atoms with Gasteiger partial charge in [0, 0.05) is 18.3 Å². The van der Waals surface area contributed by atoms with Crippen molar-refractivity contribution in [3.8, 4) is 5.75 Å². The van der Waals surface area contributed by atoms with Crippen LogP contribution in [0.4, 0.5) is 4.79 Å². The number of aromatic nitrogens is 1. The van der Waals surface area contributed by atoms with E-state index in [2.05, 4.69) is 10.3 Å². The molecule has 0 bridgehead atoms. The summed E-state index contributed by atoms with van der Waals surface area (Å²) in [5, 5.41) is 12.5. The van der Waals surface area contributed by atoms with Gasteiger partial charge in [0.05, 0.1) is 25.5 Å². The summed E-state index contributed by atoms with van der Waals surface area (Å²) in [5.74, 6) is 0.693. The van der Waals surface area contributed by atoms with Gasteiger partial charge >= 0.3 is 6.03 Å². The van der Waals surface area contributed by atoms with Crippen LogP contribution in [0.2, 0.25) is 0 Å². The molecule has 2 unspecified atom stereocenters. The van der Waals surface area contributed by atoms with Gasteiger partial charge in [-0.3, -0.25) is 4.98 Å². The van der Waals surface area contributed by atoms with Crippen LogP contribution in [0, 0.1) is 0 Å². The lowest BCUT2D eigenvalue weighted by atomic mass is 10.0. The highest BCUT2D eigenvalue weighted by Gasteiger charge is 2.30. The van der Waals surface area contributed by atoms with Gasteiger partial charge in [-0.05, 0) is 31.0 Å². The first-order valence-electron chi connectivity index (χ1n) is 8.46. The van der Waals surface area contributed by atoms with Gasteiger partial charge in [0.2, 0.25) is 0 Å². The first-order chi connectivity index (χ1) is 12.2. The minimum absolute atomic E-state index is 0.0175. The van der Waals surface area contributed by atoms with Crippen LogP contribution in [0.15, 0.2) is 48.7 Å². The van der Waals surface area contributed by atoms with E-state index >= 15 is 0 Å². The molecule has 1 fully saturated rings. The van der Waals surface area contributed by atoms with Crippen molar-refractivity contribution in [3.63, 3.8) is 0 Å². The van der Waals surface area contributed by atoms with E-state index in [1.54, 1.807) is 18.2 Å². The van der Waals surface area contributed by atoms with Crippen molar-refractivity contribution in [2.45, 2.75) is 24.9 Å². The summed E-state index contributed by atoms with van der Waals surface area (Å²) in [6, 6.07) is 12.5. The van der Waals surface area contributed by atoms with E-state index in [1.807, 2.05) is 42.5 Å². The van der Waals surface area contributed by atoms with Crippen LogP contribution in [0.5, 0.6) is 5.75 Å². The maximum absolute atomic E-state index is 12.8. The predicted molar refractivity (Wildman–Crippen MR) is 94.4 cm³/mol. The fraction of sp³-hybridized carbons (Fsp3) is 0.368. The topological polar surface area (TPSA) is 74.7 Å². The number of carbonyl (C=O) groups excluding carboxylic acids is 1. The Balaban J connectivity index is 1.91. The highest BCUT2D eigenvalue weighted by atomic mass is 16.5. The van der Waals surface area contributed by atoms with E-state index in [4.69, 9.17) is 4.74 Å². The van der Waals surface area contributed by atoms with Crippen LogP contribution in [0.25, 0.3) is 0 Å².